The van der Waals surface area contributed by atoms with Crippen LogP contribution in [-0.4, -0.2) is 22.6 Å². The van der Waals surface area contributed by atoms with E-state index in [4.69, 9.17) is 0 Å². The van der Waals surface area contributed by atoms with Gasteiger partial charge in [0.1, 0.15) is 0 Å². The van der Waals surface area contributed by atoms with Crippen molar-refractivity contribution >= 4 is 50.8 Å². The highest BCUT2D eigenvalue weighted by atomic mass is 32.2. The van der Waals surface area contributed by atoms with Crippen LogP contribution >= 0.6 is 23.1 Å². The lowest BCUT2D eigenvalue weighted by molar-refractivity contribution is -0.123. The highest BCUT2D eigenvalue weighted by molar-refractivity contribution is 8.01. The van der Waals surface area contributed by atoms with E-state index in [0.29, 0.717) is 5.69 Å². The van der Waals surface area contributed by atoms with Crippen molar-refractivity contribution in [2.24, 2.45) is 23.7 Å². The first-order valence-corrected chi connectivity index (χ1v) is 11.1. The van der Waals surface area contributed by atoms with Crippen molar-refractivity contribution in [3.8, 4) is 0 Å². The Kier molecular flexibility index (Phi) is 3.94. The van der Waals surface area contributed by atoms with Gasteiger partial charge in [-0.2, -0.15) is 0 Å². The van der Waals surface area contributed by atoms with E-state index in [0.717, 1.165) is 26.7 Å². The fourth-order valence-electron chi connectivity index (χ4n) is 4.55. The van der Waals surface area contributed by atoms with Gasteiger partial charge in [0.05, 0.1) is 27.7 Å². The van der Waals surface area contributed by atoms with Crippen LogP contribution in [0.2, 0.25) is 0 Å². The smallest absolute Gasteiger partial charge is 0.238 e. The number of benzene rings is 1. The summed E-state index contributed by atoms with van der Waals surface area (Å²) in [6.45, 7) is 2.19. The molecule has 2 fully saturated rings. The molecule has 5 rings (SSSR count). The Morgan fingerprint density at radius 3 is 2.62 bits per heavy atom. The number of fused-ring (bicyclic) bond motifs is 6. The third-order valence-corrected chi connectivity index (χ3v) is 8.05. The quantitative estimate of drug-likeness (QED) is 0.330. The number of nitrogens with zero attached hydrogens (tertiary/aromatic N) is 2. The molecule has 1 saturated carbocycles. The molecule has 3 aliphatic rings. The van der Waals surface area contributed by atoms with Crippen LogP contribution in [0.1, 0.15) is 26.2 Å². The number of allylic oxidation sites excluding steroid dienone is 2. The van der Waals surface area contributed by atoms with E-state index in [-0.39, 0.29) is 35.5 Å². The van der Waals surface area contributed by atoms with Crippen LogP contribution in [0.3, 0.4) is 0 Å². The second kappa shape index (κ2) is 6.20. The Morgan fingerprint density at radius 2 is 1.92 bits per heavy atom. The summed E-state index contributed by atoms with van der Waals surface area (Å²) in [5.74, 6) is 1.26. The molecule has 4 nitrogen and oxygen atoms in total. The molecule has 1 aromatic carbocycles. The molecule has 0 N–H and O–H groups in total. The molecular weight excluding hydrogens is 364 g/mol. The minimum atomic E-state index is -0.144. The topological polar surface area (TPSA) is 50.3 Å². The monoisotopic (exact) mass is 384 g/mol. The standard InChI is InChI=1S/C20H20N2O2S2/c1-2-3-8-25-20-21-14-7-6-13(10-15(14)26-20)22-18(23)16-11-4-5-12(9-11)17(16)19(22)24/h4-7,10-12,16-17H,2-3,8-9H2,1H3/t11-,12-,16-,17-/m0/s1. The van der Waals surface area contributed by atoms with Gasteiger partial charge in [0.2, 0.25) is 11.8 Å². The number of imide groups is 1. The Morgan fingerprint density at radius 1 is 1.19 bits per heavy atom. The van der Waals surface area contributed by atoms with Crippen LogP contribution in [-0.2, 0) is 9.59 Å². The number of hydrogen-bond donors (Lipinski definition) is 0. The zero-order valence-corrected chi connectivity index (χ0v) is 16.2. The first-order valence-electron chi connectivity index (χ1n) is 9.27. The summed E-state index contributed by atoms with van der Waals surface area (Å²) in [6, 6.07) is 5.77. The SMILES string of the molecule is CCCCSc1nc2ccc(N3C(=O)[C@@H]4[C@@H](C3=O)[C@H]3C=C[C@H]4C3)cc2s1. The number of unbranched alkanes of at least 4 members (excludes halogenated alkanes) is 1. The van der Waals surface area contributed by atoms with Crippen LogP contribution in [0.5, 0.6) is 0 Å². The lowest BCUT2D eigenvalue weighted by atomic mass is 9.85. The molecule has 0 spiro atoms. The normalized spacial score (nSPS) is 29.3. The molecular formula is C20H20N2O2S2. The van der Waals surface area contributed by atoms with E-state index in [9.17, 15) is 9.59 Å². The maximum absolute atomic E-state index is 13.0. The Balaban J connectivity index is 1.44. The van der Waals surface area contributed by atoms with E-state index >= 15 is 0 Å². The number of thiazole rings is 1. The number of amides is 2. The van der Waals surface area contributed by atoms with Crippen LogP contribution in [0.25, 0.3) is 10.2 Å². The third kappa shape index (κ3) is 2.38. The Labute approximate surface area is 160 Å². The van der Waals surface area contributed by atoms with Gasteiger partial charge in [-0.1, -0.05) is 37.3 Å². The van der Waals surface area contributed by atoms with Gasteiger partial charge in [0.15, 0.2) is 4.34 Å². The first-order chi connectivity index (χ1) is 12.7. The van der Waals surface area contributed by atoms with Crippen LogP contribution in [0.4, 0.5) is 5.69 Å². The largest absolute Gasteiger partial charge is 0.274 e. The predicted molar refractivity (Wildman–Crippen MR) is 105 cm³/mol. The number of anilines is 1. The summed E-state index contributed by atoms with van der Waals surface area (Å²) >= 11 is 3.43. The predicted octanol–water partition coefficient (Wildman–Crippen LogP) is 4.50. The number of carbonyl (C=O) groups is 2. The Bertz CT molecular complexity index is 905. The highest BCUT2D eigenvalue weighted by Crippen LogP contribution is 2.53. The molecule has 1 aromatic heterocycles. The van der Waals surface area contributed by atoms with Crippen LogP contribution in [0.15, 0.2) is 34.7 Å². The number of rotatable bonds is 5. The van der Waals surface area contributed by atoms with Gasteiger partial charge in [-0.3, -0.25) is 9.59 Å². The number of hydrogen-bond acceptors (Lipinski definition) is 5. The average molecular weight is 385 g/mol. The van der Waals surface area contributed by atoms with Gasteiger partial charge in [0.25, 0.3) is 0 Å². The fraction of sp³-hybridized carbons (Fsp3) is 0.450. The van der Waals surface area contributed by atoms with E-state index < -0.39 is 0 Å². The number of aromatic nitrogens is 1. The van der Waals surface area contributed by atoms with Gasteiger partial charge in [-0.15, -0.1) is 11.3 Å². The van der Waals surface area contributed by atoms with E-state index in [2.05, 4.69) is 24.1 Å². The number of carbonyl (C=O) groups excluding carboxylic acids is 2. The minimum absolute atomic E-state index is 0.0155. The molecule has 4 atom stereocenters. The van der Waals surface area contributed by atoms with Gasteiger partial charge >= 0.3 is 0 Å². The summed E-state index contributed by atoms with van der Waals surface area (Å²) in [4.78, 5) is 32.0. The average Bonchev–Trinajstić information content (AvgIpc) is 3.38. The lowest BCUT2D eigenvalue weighted by Crippen LogP contribution is -2.32. The molecule has 2 aromatic rings. The molecule has 1 aliphatic heterocycles. The maximum atomic E-state index is 13.0. The summed E-state index contributed by atoms with van der Waals surface area (Å²) in [7, 11) is 0. The van der Waals surface area contributed by atoms with Crippen molar-refractivity contribution in [2.45, 2.75) is 30.5 Å². The van der Waals surface area contributed by atoms with Crippen molar-refractivity contribution in [3.05, 3.63) is 30.4 Å². The fourth-order valence-corrected chi connectivity index (χ4v) is 6.81. The van der Waals surface area contributed by atoms with E-state index in [1.165, 1.54) is 17.7 Å². The highest BCUT2D eigenvalue weighted by Gasteiger charge is 2.59. The van der Waals surface area contributed by atoms with Gasteiger partial charge < -0.3 is 0 Å². The van der Waals surface area contributed by atoms with Crippen molar-refractivity contribution in [3.63, 3.8) is 0 Å². The van der Waals surface area contributed by atoms with Gasteiger partial charge in [-0.25, -0.2) is 9.88 Å². The molecule has 26 heavy (non-hydrogen) atoms. The Hall–Kier alpha value is -1.66. The van der Waals surface area contributed by atoms with Crippen molar-refractivity contribution in [1.29, 1.82) is 0 Å². The zero-order valence-electron chi connectivity index (χ0n) is 14.6. The first kappa shape index (κ1) is 16.5. The molecule has 134 valence electrons. The van der Waals surface area contributed by atoms with Crippen LogP contribution in [0, 0.1) is 23.7 Å². The van der Waals surface area contributed by atoms with Crippen molar-refractivity contribution < 1.29 is 9.59 Å². The lowest BCUT2D eigenvalue weighted by Gasteiger charge is -2.17. The molecule has 2 heterocycles. The molecule has 0 radical (unpaired) electrons. The summed E-state index contributed by atoms with van der Waals surface area (Å²) in [6.07, 6.45) is 7.59. The van der Waals surface area contributed by atoms with Gasteiger partial charge in [-0.05, 0) is 42.9 Å². The van der Waals surface area contributed by atoms with Gasteiger partial charge in [0, 0.05) is 5.75 Å². The summed E-state index contributed by atoms with van der Waals surface area (Å²) in [5.41, 5.74) is 1.65. The molecule has 0 unspecified atom stereocenters. The van der Waals surface area contributed by atoms with Crippen molar-refractivity contribution in [1.82, 2.24) is 4.98 Å². The zero-order chi connectivity index (χ0) is 17.8. The summed E-state index contributed by atoms with van der Waals surface area (Å²) in [5, 5.41) is 0. The molecule has 6 heteroatoms. The van der Waals surface area contributed by atoms with E-state index in [1.807, 2.05) is 18.2 Å². The second-order valence-electron chi connectivity index (χ2n) is 7.35. The molecule has 1 saturated heterocycles. The third-order valence-electron chi connectivity index (χ3n) is 5.80. The van der Waals surface area contributed by atoms with E-state index in [1.54, 1.807) is 23.1 Å². The number of thioether (sulfide) groups is 1. The second-order valence-corrected chi connectivity index (χ2v) is 9.72. The maximum Gasteiger partial charge on any atom is 0.238 e. The van der Waals surface area contributed by atoms with Crippen molar-refractivity contribution in [2.75, 3.05) is 10.7 Å². The molecule has 2 aliphatic carbocycles. The summed E-state index contributed by atoms with van der Waals surface area (Å²) < 4.78 is 2.10. The molecule has 2 bridgehead atoms. The van der Waals surface area contributed by atoms with Crippen LogP contribution < -0.4 is 4.90 Å². The minimum Gasteiger partial charge on any atom is -0.274 e. The molecule has 2 amide bonds.